The standard InChI is InChI=1S/C14H9ClFN3.C5H10O.C4H6N2/c1-8-7-18-13-11(4-5-17-14(13)19-8)10-3-2-9(15)6-12(10)16;1-2-4-6-5-3-1;1-6-4-2-3-5-6/h2-7H,1H3;1-5H2;2-4H,1H3. The van der Waals surface area contributed by atoms with Gasteiger partial charge in [-0.2, -0.15) is 5.10 Å². The first kappa shape index (κ1) is 22.8. The van der Waals surface area contributed by atoms with Gasteiger partial charge in [0.25, 0.3) is 0 Å². The van der Waals surface area contributed by atoms with Crippen molar-refractivity contribution in [1.29, 1.82) is 0 Å². The minimum atomic E-state index is -0.387. The van der Waals surface area contributed by atoms with E-state index in [-0.39, 0.29) is 5.82 Å². The van der Waals surface area contributed by atoms with Gasteiger partial charge in [0.05, 0.1) is 5.69 Å². The van der Waals surface area contributed by atoms with Gasteiger partial charge in [-0.3, -0.25) is 9.67 Å². The number of hydrogen-bond donors (Lipinski definition) is 0. The van der Waals surface area contributed by atoms with E-state index in [9.17, 15) is 4.39 Å². The van der Waals surface area contributed by atoms with Crippen molar-refractivity contribution in [3.63, 3.8) is 0 Å². The lowest BCUT2D eigenvalue weighted by Crippen LogP contribution is -2.03. The number of aryl methyl sites for hydroxylation is 2. The molecule has 0 radical (unpaired) electrons. The van der Waals surface area contributed by atoms with Crippen LogP contribution in [-0.2, 0) is 11.8 Å². The van der Waals surface area contributed by atoms with Gasteiger partial charge < -0.3 is 4.74 Å². The van der Waals surface area contributed by atoms with Crippen molar-refractivity contribution in [2.75, 3.05) is 13.2 Å². The van der Waals surface area contributed by atoms with Gasteiger partial charge in [-0.15, -0.1) is 0 Å². The number of rotatable bonds is 1. The molecule has 0 unspecified atom stereocenters. The fourth-order valence-corrected chi connectivity index (χ4v) is 3.12. The molecule has 1 fully saturated rings. The van der Waals surface area contributed by atoms with Gasteiger partial charge in [0, 0.05) is 61.2 Å². The lowest BCUT2D eigenvalue weighted by molar-refractivity contribution is 0.0968. The molecule has 3 aromatic heterocycles. The zero-order valence-electron chi connectivity index (χ0n) is 17.6. The number of aromatic nitrogens is 5. The zero-order valence-corrected chi connectivity index (χ0v) is 18.4. The van der Waals surface area contributed by atoms with Gasteiger partial charge in [0.1, 0.15) is 11.3 Å². The van der Waals surface area contributed by atoms with Crippen LogP contribution in [0.4, 0.5) is 4.39 Å². The molecule has 1 aliphatic heterocycles. The second kappa shape index (κ2) is 11.5. The van der Waals surface area contributed by atoms with Crippen LogP contribution >= 0.6 is 11.6 Å². The summed E-state index contributed by atoms with van der Waals surface area (Å²) in [6, 6.07) is 8.17. The molecule has 1 saturated heterocycles. The average molecular weight is 442 g/mol. The fraction of sp³-hybridized carbons (Fsp3) is 0.304. The van der Waals surface area contributed by atoms with Crippen LogP contribution in [0.1, 0.15) is 25.0 Å². The predicted octanol–water partition coefficient (Wildman–Crippen LogP) is 5.40. The molecule has 0 atom stereocenters. The number of ether oxygens (including phenoxy) is 1. The highest BCUT2D eigenvalue weighted by Crippen LogP contribution is 2.29. The lowest BCUT2D eigenvalue weighted by Gasteiger charge is -2.08. The third-order valence-electron chi connectivity index (χ3n) is 4.50. The monoisotopic (exact) mass is 441 g/mol. The maximum Gasteiger partial charge on any atom is 0.179 e. The molecule has 0 aliphatic carbocycles. The van der Waals surface area contributed by atoms with Crippen molar-refractivity contribution in [2.45, 2.75) is 26.2 Å². The Hall–Kier alpha value is -2.90. The summed E-state index contributed by atoms with van der Waals surface area (Å²) in [7, 11) is 1.89. The van der Waals surface area contributed by atoms with Crippen molar-refractivity contribution in [2.24, 2.45) is 7.05 Å². The summed E-state index contributed by atoms with van der Waals surface area (Å²) in [6.07, 6.45) is 10.8. The van der Waals surface area contributed by atoms with Gasteiger partial charge in [-0.1, -0.05) is 11.6 Å². The molecule has 0 spiro atoms. The van der Waals surface area contributed by atoms with E-state index in [4.69, 9.17) is 16.3 Å². The topological polar surface area (TPSA) is 65.7 Å². The first-order valence-corrected chi connectivity index (χ1v) is 10.5. The summed E-state index contributed by atoms with van der Waals surface area (Å²) < 4.78 is 20.8. The van der Waals surface area contributed by atoms with Gasteiger partial charge in [-0.05, 0) is 56.5 Å². The molecule has 4 heterocycles. The van der Waals surface area contributed by atoms with Crippen LogP contribution in [0.2, 0.25) is 5.02 Å². The Balaban J connectivity index is 0.000000184. The van der Waals surface area contributed by atoms with Crippen LogP contribution in [0.3, 0.4) is 0 Å². The third-order valence-corrected chi connectivity index (χ3v) is 4.74. The number of benzene rings is 1. The molecule has 1 aromatic carbocycles. The van der Waals surface area contributed by atoms with Crippen molar-refractivity contribution in [1.82, 2.24) is 24.7 Å². The second-order valence-corrected chi connectivity index (χ2v) is 7.46. The quantitative estimate of drug-likeness (QED) is 0.395. The maximum absolute atomic E-state index is 14.0. The van der Waals surface area contributed by atoms with Crippen LogP contribution in [0.5, 0.6) is 0 Å². The molecule has 0 saturated carbocycles. The van der Waals surface area contributed by atoms with E-state index in [1.807, 2.05) is 26.2 Å². The van der Waals surface area contributed by atoms with Gasteiger partial charge in [-0.25, -0.2) is 14.4 Å². The minimum absolute atomic E-state index is 0.363. The van der Waals surface area contributed by atoms with Crippen LogP contribution in [0.25, 0.3) is 22.3 Å². The van der Waals surface area contributed by atoms with Crippen molar-refractivity contribution in [3.05, 3.63) is 71.7 Å². The van der Waals surface area contributed by atoms with E-state index in [0.29, 0.717) is 27.3 Å². The molecule has 8 heteroatoms. The molecular weight excluding hydrogens is 417 g/mol. The van der Waals surface area contributed by atoms with Gasteiger partial charge >= 0.3 is 0 Å². The van der Waals surface area contributed by atoms with Crippen LogP contribution in [0.15, 0.2) is 55.1 Å². The Morgan fingerprint density at radius 2 is 1.84 bits per heavy atom. The highest BCUT2D eigenvalue weighted by atomic mass is 35.5. The molecule has 4 aromatic rings. The molecule has 6 nitrogen and oxygen atoms in total. The molecule has 1 aliphatic rings. The molecule has 0 N–H and O–H groups in total. The number of nitrogens with zero attached hydrogens (tertiary/aromatic N) is 5. The first-order valence-electron chi connectivity index (χ1n) is 10.1. The Labute approximate surface area is 186 Å². The Morgan fingerprint density at radius 1 is 1.03 bits per heavy atom. The molecule has 31 heavy (non-hydrogen) atoms. The normalized spacial score (nSPS) is 13.0. The maximum atomic E-state index is 14.0. The smallest absolute Gasteiger partial charge is 0.179 e. The molecular formula is C23H25ClFN5O. The molecule has 0 amide bonds. The van der Waals surface area contributed by atoms with E-state index in [2.05, 4.69) is 20.1 Å². The first-order chi connectivity index (χ1) is 15.0. The third kappa shape index (κ3) is 6.80. The minimum Gasteiger partial charge on any atom is -0.381 e. The van der Waals surface area contributed by atoms with E-state index in [0.717, 1.165) is 18.9 Å². The molecule has 162 valence electrons. The predicted molar refractivity (Wildman–Crippen MR) is 120 cm³/mol. The fourth-order valence-electron chi connectivity index (χ4n) is 2.96. The highest BCUT2D eigenvalue weighted by Gasteiger charge is 2.11. The second-order valence-electron chi connectivity index (χ2n) is 7.02. The largest absolute Gasteiger partial charge is 0.381 e. The molecule has 5 rings (SSSR count). The highest BCUT2D eigenvalue weighted by molar-refractivity contribution is 6.30. The van der Waals surface area contributed by atoms with Crippen molar-refractivity contribution >= 4 is 22.8 Å². The van der Waals surface area contributed by atoms with Crippen LogP contribution < -0.4 is 0 Å². The SMILES string of the molecule is C1CCOCC1.Cc1cnc2c(-c3ccc(Cl)cc3F)ccnc2n1.Cn1cccn1. The lowest BCUT2D eigenvalue weighted by atomic mass is 10.1. The average Bonchev–Trinajstić information content (AvgIpc) is 3.26. The number of hydrogen-bond acceptors (Lipinski definition) is 5. The summed E-state index contributed by atoms with van der Waals surface area (Å²) >= 11 is 5.76. The van der Waals surface area contributed by atoms with Gasteiger partial charge in [0.2, 0.25) is 0 Å². The Kier molecular flexibility index (Phi) is 8.44. The number of fused-ring (bicyclic) bond motifs is 1. The summed E-state index contributed by atoms with van der Waals surface area (Å²) in [6.45, 7) is 3.84. The van der Waals surface area contributed by atoms with Crippen LogP contribution in [0, 0.1) is 12.7 Å². The van der Waals surface area contributed by atoms with E-state index in [1.165, 1.54) is 25.3 Å². The summed E-state index contributed by atoms with van der Waals surface area (Å²) in [5.74, 6) is -0.387. The summed E-state index contributed by atoms with van der Waals surface area (Å²) in [5.41, 5.74) is 2.96. The van der Waals surface area contributed by atoms with Crippen molar-refractivity contribution < 1.29 is 9.13 Å². The zero-order chi connectivity index (χ0) is 22.1. The van der Waals surface area contributed by atoms with Crippen molar-refractivity contribution in [3.8, 4) is 11.1 Å². The molecule has 0 bridgehead atoms. The van der Waals surface area contributed by atoms with E-state index >= 15 is 0 Å². The van der Waals surface area contributed by atoms with E-state index in [1.54, 1.807) is 41.5 Å². The Morgan fingerprint density at radius 3 is 2.39 bits per heavy atom. The van der Waals surface area contributed by atoms with Gasteiger partial charge in [0.15, 0.2) is 5.65 Å². The Bertz CT molecular complexity index is 1090. The van der Waals surface area contributed by atoms with Crippen LogP contribution in [-0.4, -0.2) is 37.9 Å². The summed E-state index contributed by atoms with van der Waals surface area (Å²) in [5, 5.41) is 4.20. The van der Waals surface area contributed by atoms with E-state index < -0.39 is 0 Å². The number of halogens is 2. The number of pyridine rings is 1. The summed E-state index contributed by atoms with van der Waals surface area (Å²) in [4.78, 5) is 12.7.